The number of hydrogen-bond acceptors (Lipinski definition) is 1. The third kappa shape index (κ3) is 20.8. The summed E-state index contributed by atoms with van der Waals surface area (Å²) < 4.78 is 31.8. The Morgan fingerprint density at radius 1 is 1.23 bits per heavy atom. The van der Waals surface area contributed by atoms with E-state index in [-0.39, 0.29) is 6.92 Å². The number of alkyl halides is 3. The Bertz CT molecular complexity index is 460. The van der Waals surface area contributed by atoms with Gasteiger partial charge in [-0.2, -0.15) is 13.2 Å². The molecule has 0 aliphatic heterocycles. The summed E-state index contributed by atoms with van der Waals surface area (Å²) in [5.74, 6) is 0.499. The molecule has 124 valence electrons. The average molecular weight is 379 g/mol. The molecule has 0 radical (unpaired) electrons. The van der Waals surface area contributed by atoms with E-state index in [1.165, 1.54) is 0 Å². The third-order valence-corrected chi connectivity index (χ3v) is 1.99. The van der Waals surface area contributed by atoms with Gasteiger partial charge in [0.15, 0.2) is 0 Å². The molecule has 0 unspecified atom stereocenters. The summed E-state index contributed by atoms with van der Waals surface area (Å²) in [5.41, 5.74) is 6.82. The Morgan fingerprint density at radius 3 is 2.09 bits per heavy atom. The van der Waals surface area contributed by atoms with Crippen LogP contribution in [0.1, 0.15) is 26.3 Å². The standard InChI is InChI=1S/C12H13BrN2.C2H3F3.C2H6/c1-10(13)7-8-12(14)15-9-11-5-3-2-4-6-11;1-2(3,4)5;1-2/h2-8H,1,9H2,(H2,14,15);1H3;1-2H3/b8-7-;;. The summed E-state index contributed by atoms with van der Waals surface area (Å²) in [6, 6.07) is 9.98. The molecular weight excluding hydrogens is 357 g/mol. The van der Waals surface area contributed by atoms with Gasteiger partial charge in [0, 0.05) is 11.4 Å². The molecular formula is C16H22BrF3N2. The van der Waals surface area contributed by atoms with Crippen LogP contribution in [-0.4, -0.2) is 12.0 Å². The van der Waals surface area contributed by atoms with Crippen LogP contribution in [0.2, 0.25) is 0 Å². The van der Waals surface area contributed by atoms with Crippen molar-refractivity contribution in [2.75, 3.05) is 0 Å². The first kappa shape index (κ1) is 22.7. The summed E-state index contributed by atoms with van der Waals surface area (Å²) in [4.78, 5) is 4.21. The summed E-state index contributed by atoms with van der Waals surface area (Å²) in [6.45, 7) is 8.46. The summed E-state index contributed by atoms with van der Waals surface area (Å²) in [7, 11) is 0. The predicted molar refractivity (Wildman–Crippen MR) is 92.1 cm³/mol. The van der Waals surface area contributed by atoms with E-state index in [1.54, 1.807) is 12.2 Å². The van der Waals surface area contributed by atoms with Crippen molar-refractivity contribution >= 4 is 21.8 Å². The van der Waals surface area contributed by atoms with Gasteiger partial charge >= 0.3 is 6.18 Å². The Morgan fingerprint density at radius 2 is 1.68 bits per heavy atom. The van der Waals surface area contributed by atoms with E-state index in [0.29, 0.717) is 12.4 Å². The zero-order chi connectivity index (χ0) is 17.6. The molecule has 22 heavy (non-hydrogen) atoms. The van der Waals surface area contributed by atoms with Crippen molar-refractivity contribution in [2.45, 2.75) is 33.5 Å². The Balaban J connectivity index is 0. The number of nitrogens with zero attached hydrogens (tertiary/aromatic N) is 1. The molecule has 2 N–H and O–H groups in total. The maximum atomic E-state index is 10.4. The number of benzene rings is 1. The number of amidine groups is 1. The van der Waals surface area contributed by atoms with Crippen molar-refractivity contribution in [2.24, 2.45) is 10.7 Å². The van der Waals surface area contributed by atoms with Crippen LogP contribution in [0, 0.1) is 0 Å². The van der Waals surface area contributed by atoms with Crippen LogP contribution in [0.25, 0.3) is 0 Å². The normalized spacial score (nSPS) is 11.1. The van der Waals surface area contributed by atoms with Crippen molar-refractivity contribution in [1.82, 2.24) is 0 Å². The second-order valence-corrected chi connectivity index (χ2v) is 4.81. The molecule has 0 saturated carbocycles. The first-order valence-corrected chi connectivity index (χ1v) is 7.41. The van der Waals surface area contributed by atoms with Gasteiger partial charge in [0.25, 0.3) is 0 Å². The zero-order valence-corrected chi connectivity index (χ0v) is 14.6. The summed E-state index contributed by atoms with van der Waals surface area (Å²) in [6.07, 6.45) is -0.510. The summed E-state index contributed by atoms with van der Waals surface area (Å²) in [5, 5.41) is 0. The maximum absolute atomic E-state index is 10.4. The van der Waals surface area contributed by atoms with Gasteiger partial charge < -0.3 is 5.73 Å². The zero-order valence-electron chi connectivity index (χ0n) is 13.0. The van der Waals surface area contributed by atoms with E-state index in [4.69, 9.17) is 5.73 Å². The van der Waals surface area contributed by atoms with Crippen molar-refractivity contribution in [1.29, 1.82) is 0 Å². The van der Waals surface area contributed by atoms with Crippen LogP contribution in [0.4, 0.5) is 13.2 Å². The molecule has 1 rings (SSSR count). The van der Waals surface area contributed by atoms with Crippen molar-refractivity contribution in [3.05, 3.63) is 59.1 Å². The number of aliphatic imine (C=N–C) groups is 1. The monoisotopic (exact) mass is 378 g/mol. The predicted octanol–water partition coefficient (Wildman–Crippen LogP) is 5.60. The molecule has 2 nitrogen and oxygen atoms in total. The van der Waals surface area contributed by atoms with Gasteiger partial charge in [0.05, 0.1) is 6.54 Å². The van der Waals surface area contributed by atoms with Gasteiger partial charge in [-0.1, -0.05) is 66.7 Å². The first-order chi connectivity index (χ1) is 10.2. The Hall–Kier alpha value is -1.56. The fourth-order valence-corrected chi connectivity index (χ4v) is 1.13. The van der Waals surface area contributed by atoms with E-state index in [2.05, 4.69) is 27.5 Å². The van der Waals surface area contributed by atoms with E-state index >= 15 is 0 Å². The lowest BCUT2D eigenvalue weighted by atomic mass is 10.2. The van der Waals surface area contributed by atoms with Crippen LogP contribution in [0.3, 0.4) is 0 Å². The highest BCUT2D eigenvalue weighted by molar-refractivity contribution is 9.11. The van der Waals surface area contributed by atoms with E-state index in [0.717, 1.165) is 10.0 Å². The van der Waals surface area contributed by atoms with E-state index in [1.807, 2.05) is 44.2 Å². The molecule has 0 atom stereocenters. The highest BCUT2D eigenvalue weighted by Gasteiger charge is 2.15. The molecule has 0 aliphatic carbocycles. The molecule has 0 heterocycles. The van der Waals surface area contributed by atoms with Crippen molar-refractivity contribution < 1.29 is 13.2 Å². The second-order valence-electron chi connectivity index (χ2n) is 3.79. The van der Waals surface area contributed by atoms with E-state index in [9.17, 15) is 13.2 Å². The lowest BCUT2D eigenvalue weighted by Crippen LogP contribution is -2.07. The number of allylic oxidation sites excluding steroid dienone is 2. The average Bonchev–Trinajstić information content (AvgIpc) is 2.44. The van der Waals surface area contributed by atoms with Gasteiger partial charge in [-0.25, -0.2) is 0 Å². The minimum Gasteiger partial charge on any atom is -0.384 e. The first-order valence-electron chi connectivity index (χ1n) is 6.61. The van der Waals surface area contributed by atoms with Crippen LogP contribution >= 0.6 is 15.9 Å². The van der Waals surface area contributed by atoms with Gasteiger partial charge in [-0.05, 0) is 17.7 Å². The highest BCUT2D eigenvalue weighted by Crippen LogP contribution is 2.10. The molecule has 0 spiro atoms. The van der Waals surface area contributed by atoms with Crippen molar-refractivity contribution in [3.8, 4) is 0 Å². The fraction of sp³-hybridized carbons (Fsp3) is 0.312. The van der Waals surface area contributed by atoms with Crippen LogP contribution < -0.4 is 5.73 Å². The third-order valence-electron chi connectivity index (χ3n) is 1.72. The molecule has 0 fully saturated rings. The molecule has 6 heteroatoms. The molecule has 1 aromatic carbocycles. The van der Waals surface area contributed by atoms with Crippen molar-refractivity contribution in [3.63, 3.8) is 0 Å². The Kier molecular flexibility index (Phi) is 13.6. The SMILES string of the molecule is C=C(Br)/C=C\C(N)=NCc1ccccc1.CC.CC(F)(F)F. The fourth-order valence-electron chi connectivity index (χ4n) is 0.995. The maximum Gasteiger partial charge on any atom is 0.386 e. The number of halogens is 4. The summed E-state index contributed by atoms with van der Waals surface area (Å²) >= 11 is 3.21. The van der Waals surface area contributed by atoms with Crippen LogP contribution in [0.15, 0.2) is 58.5 Å². The molecule has 1 aromatic rings. The van der Waals surface area contributed by atoms with E-state index < -0.39 is 6.18 Å². The molecule has 0 amide bonds. The topological polar surface area (TPSA) is 38.4 Å². The number of hydrogen-bond donors (Lipinski definition) is 1. The number of nitrogens with two attached hydrogens (primary N) is 1. The van der Waals surface area contributed by atoms with Gasteiger partial charge in [-0.3, -0.25) is 4.99 Å². The lowest BCUT2D eigenvalue weighted by molar-refractivity contribution is -0.110. The van der Waals surface area contributed by atoms with Gasteiger partial charge in [-0.15, -0.1) is 0 Å². The lowest BCUT2D eigenvalue weighted by Gasteiger charge is -1.96. The number of rotatable bonds is 4. The highest BCUT2D eigenvalue weighted by atomic mass is 79.9. The molecule has 0 saturated heterocycles. The minimum atomic E-state index is -4.00. The van der Waals surface area contributed by atoms with Gasteiger partial charge in [0.2, 0.25) is 0 Å². The molecule has 0 aromatic heterocycles. The van der Waals surface area contributed by atoms with Crippen LogP contribution in [-0.2, 0) is 6.54 Å². The Labute approximate surface area is 138 Å². The van der Waals surface area contributed by atoms with Crippen LogP contribution in [0.5, 0.6) is 0 Å². The largest absolute Gasteiger partial charge is 0.386 e. The second kappa shape index (κ2) is 13.1. The van der Waals surface area contributed by atoms with Gasteiger partial charge in [0.1, 0.15) is 5.84 Å². The quantitative estimate of drug-likeness (QED) is 0.413. The molecule has 0 bridgehead atoms. The smallest absolute Gasteiger partial charge is 0.384 e. The minimum absolute atomic E-state index is 0.188. The molecule has 0 aliphatic rings.